The second-order valence-electron chi connectivity index (χ2n) is 5.70. The molecule has 2 aliphatic rings. The van der Waals surface area contributed by atoms with Crippen molar-refractivity contribution in [1.82, 2.24) is 4.90 Å². The van der Waals surface area contributed by atoms with Gasteiger partial charge in [-0.3, -0.25) is 4.31 Å². The molecule has 1 heterocycles. The molecule has 21 heavy (non-hydrogen) atoms. The van der Waals surface area contributed by atoms with E-state index >= 15 is 0 Å². The van der Waals surface area contributed by atoms with Crippen LogP contribution < -0.4 is 4.31 Å². The van der Waals surface area contributed by atoms with Crippen LogP contribution in [0.15, 0.2) is 18.2 Å². The molecule has 0 radical (unpaired) electrons. The first kappa shape index (κ1) is 14.2. The lowest BCUT2D eigenvalue weighted by Crippen LogP contribution is -2.35. The Bertz CT molecular complexity index is 682. The molecule has 0 unspecified atom stereocenters. The van der Waals surface area contributed by atoms with E-state index in [1.165, 1.54) is 15.5 Å². The van der Waals surface area contributed by atoms with Gasteiger partial charge in [0.25, 0.3) is 0 Å². The van der Waals surface area contributed by atoms with Crippen LogP contribution >= 0.6 is 0 Å². The summed E-state index contributed by atoms with van der Waals surface area (Å²) in [6.45, 7) is 0.821. The number of nitrogens with zero attached hydrogens (tertiary/aromatic N) is 2. The van der Waals surface area contributed by atoms with Crippen LogP contribution in [0.2, 0.25) is 0 Å². The maximum absolute atomic E-state index is 12.0. The fourth-order valence-corrected chi connectivity index (χ4v) is 4.07. The van der Waals surface area contributed by atoms with E-state index in [2.05, 4.69) is 0 Å². The highest BCUT2D eigenvalue weighted by Crippen LogP contribution is 2.35. The average Bonchev–Trinajstić information content (AvgIpc) is 3.21. The highest BCUT2D eigenvalue weighted by atomic mass is 32.2. The average molecular weight is 310 g/mol. The standard InChI is InChI=1S/C14H18N2O4S/c1-21(19,20)16(12-4-5-12)13-3-2-11-9-15(14(17)18)7-6-10(11)8-13/h2-3,8,12H,4-7,9H2,1H3,(H,17,18). The van der Waals surface area contributed by atoms with Crippen LogP contribution in [0, 0.1) is 0 Å². The summed E-state index contributed by atoms with van der Waals surface area (Å²) >= 11 is 0. The highest BCUT2D eigenvalue weighted by molar-refractivity contribution is 7.92. The van der Waals surface area contributed by atoms with Crippen LogP contribution in [-0.2, 0) is 23.0 Å². The third kappa shape index (κ3) is 2.83. The van der Waals surface area contributed by atoms with Crippen molar-refractivity contribution in [3.8, 4) is 0 Å². The first-order valence-corrected chi connectivity index (χ1v) is 8.80. The lowest BCUT2D eigenvalue weighted by atomic mass is 9.99. The number of carbonyl (C=O) groups is 1. The number of sulfonamides is 1. The van der Waals surface area contributed by atoms with Crippen molar-refractivity contribution in [3.05, 3.63) is 29.3 Å². The SMILES string of the molecule is CS(=O)(=O)N(c1ccc2c(c1)CCN(C(=O)O)C2)C1CC1. The van der Waals surface area contributed by atoms with E-state index in [9.17, 15) is 13.2 Å². The molecule has 0 aromatic heterocycles. The zero-order valence-corrected chi connectivity index (χ0v) is 12.6. The molecule has 1 amide bonds. The summed E-state index contributed by atoms with van der Waals surface area (Å²) in [6, 6.07) is 5.61. The fourth-order valence-electron chi connectivity index (χ4n) is 2.82. The summed E-state index contributed by atoms with van der Waals surface area (Å²) in [5.74, 6) is 0. The van der Waals surface area contributed by atoms with E-state index in [0.29, 0.717) is 25.2 Å². The van der Waals surface area contributed by atoms with Gasteiger partial charge in [0.1, 0.15) is 0 Å². The fraction of sp³-hybridized carbons (Fsp3) is 0.500. The van der Waals surface area contributed by atoms with Crippen molar-refractivity contribution in [3.63, 3.8) is 0 Å². The van der Waals surface area contributed by atoms with Gasteiger partial charge in [-0.2, -0.15) is 0 Å². The molecule has 1 fully saturated rings. The van der Waals surface area contributed by atoms with E-state index in [1.807, 2.05) is 12.1 Å². The minimum Gasteiger partial charge on any atom is -0.465 e. The molecule has 1 saturated carbocycles. The number of benzene rings is 1. The summed E-state index contributed by atoms with van der Waals surface area (Å²) in [4.78, 5) is 12.4. The molecular weight excluding hydrogens is 292 g/mol. The number of fused-ring (bicyclic) bond motifs is 1. The lowest BCUT2D eigenvalue weighted by molar-refractivity contribution is 0.140. The zero-order chi connectivity index (χ0) is 15.2. The van der Waals surface area contributed by atoms with Crippen molar-refractivity contribution < 1.29 is 18.3 Å². The van der Waals surface area contributed by atoms with Gasteiger partial charge in [0.05, 0.1) is 11.9 Å². The lowest BCUT2D eigenvalue weighted by Gasteiger charge is -2.28. The van der Waals surface area contributed by atoms with Gasteiger partial charge < -0.3 is 10.0 Å². The third-order valence-corrected chi connectivity index (χ3v) is 5.19. The van der Waals surface area contributed by atoms with Gasteiger partial charge in [-0.05, 0) is 42.5 Å². The van der Waals surface area contributed by atoms with E-state index in [4.69, 9.17) is 5.11 Å². The molecule has 0 spiro atoms. The number of carboxylic acid groups (broad SMARTS) is 1. The predicted octanol–water partition coefficient (Wildman–Crippen LogP) is 1.65. The normalized spacial score (nSPS) is 18.2. The van der Waals surface area contributed by atoms with Gasteiger partial charge in [0, 0.05) is 19.1 Å². The number of hydrogen-bond donors (Lipinski definition) is 1. The quantitative estimate of drug-likeness (QED) is 0.921. The molecule has 1 aromatic carbocycles. The van der Waals surface area contributed by atoms with Gasteiger partial charge in [0.15, 0.2) is 0 Å². The Kier molecular flexibility index (Phi) is 3.32. The van der Waals surface area contributed by atoms with Crippen LogP contribution in [0.25, 0.3) is 0 Å². The predicted molar refractivity (Wildman–Crippen MR) is 78.9 cm³/mol. The number of amides is 1. The Hall–Kier alpha value is -1.76. The number of hydrogen-bond acceptors (Lipinski definition) is 3. The number of rotatable bonds is 3. The molecule has 114 valence electrons. The maximum atomic E-state index is 12.0. The molecule has 0 bridgehead atoms. The van der Waals surface area contributed by atoms with Gasteiger partial charge in [-0.25, -0.2) is 13.2 Å². The molecule has 1 aliphatic heterocycles. The van der Waals surface area contributed by atoms with Gasteiger partial charge >= 0.3 is 6.09 Å². The van der Waals surface area contributed by atoms with E-state index in [1.54, 1.807) is 6.07 Å². The molecule has 1 aromatic rings. The Balaban J connectivity index is 1.92. The Morgan fingerprint density at radius 3 is 2.62 bits per heavy atom. The molecule has 1 N–H and O–H groups in total. The summed E-state index contributed by atoms with van der Waals surface area (Å²) in [7, 11) is -3.28. The molecule has 0 atom stereocenters. The van der Waals surface area contributed by atoms with E-state index < -0.39 is 16.1 Å². The second-order valence-corrected chi connectivity index (χ2v) is 7.56. The van der Waals surface area contributed by atoms with Crippen molar-refractivity contribution >= 4 is 21.8 Å². The maximum Gasteiger partial charge on any atom is 0.407 e. The van der Waals surface area contributed by atoms with Crippen molar-refractivity contribution in [2.24, 2.45) is 0 Å². The van der Waals surface area contributed by atoms with Crippen molar-refractivity contribution in [2.75, 3.05) is 17.1 Å². The van der Waals surface area contributed by atoms with Crippen LogP contribution in [-0.4, -0.2) is 43.4 Å². The molecule has 3 rings (SSSR count). The molecule has 6 nitrogen and oxygen atoms in total. The highest BCUT2D eigenvalue weighted by Gasteiger charge is 2.35. The summed E-state index contributed by atoms with van der Waals surface area (Å²) in [5.41, 5.74) is 2.69. The van der Waals surface area contributed by atoms with E-state index in [0.717, 1.165) is 24.0 Å². The van der Waals surface area contributed by atoms with Crippen molar-refractivity contribution in [2.45, 2.75) is 31.8 Å². The van der Waals surface area contributed by atoms with Crippen LogP contribution in [0.3, 0.4) is 0 Å². The first-order valence-electron chi connectivity index (χ1n) is 6.95. The summed E-state index contributed by atoms with van der Waals surface area (Å²) in [6.07, 6.45) is 2.74. The van der Waals surface area contributed by atoms with E-state index in [-0.39, 0.29) is 6.04 Å². The molecule has 0 saturated heterocycles. The topological polar surface area (TPSA) is 77.9 Å². The van der Waals surface area contributed by atoms with Crippen molar-refractivity contribution in [1.29, 1.82) is 0 Å². The van der Waals surface area contributed by atoms with Gasteiger partial charge in [-0.1, -0.05) is 6.07 Å². The van der Waals surface area contributed by atoms with Gasteiger partial charge in [0.2, 0.25) is 10.0 Å². The summed E-state index contributed by atoms with van der Waals surface area (Å²) in [5, 5.41) is 9.03. The Morgan fingerprint density at radius 1 is 1.33 bits per heavy atom. The van der Waals surface area contributed by atoms with Crippen LogP contribution in [0.5, 0.6) is 0 Å². The zero-order valence-electron chi connectivity index (χ0n) is 11.8. The Labute approximate surface area is 124 Å². The monoisotopic (exact) mass is 310 g/mol. The van der Waals surface area contributed by atoms with Gasteiger partial charge in [-0.15, -0.1) is 0 Å². The third-order valence-electron chi connectivity index (χ3n) is 3.96. The van der Waals surface area contributed by atoms with Crippen LogP contribution in [0.1, 0.15) is 24.0 Å². The minimum absolute atomic E-state index is 0.0807. The molecule has 7 heteroatoms. The molecular formula is C14H18N2O4S. The smallest absolute Gasteiger partial charge is 0.407 e. The molecule has 1 aliphatic carbocycles. The largest absolute Gasteiger partial charge is 0.465 e. The van der Waals surface area contributed by atoms with Crippen LogP contribution in [0.4, 0.5) is 10.5 Å². The minimum atomic E-state index is -3.28. The first-order chi connectivity index (χ1) is 9.86. The Morgan fingerprint density at radius 2 is 2.05 bits per heavy atom. The second kappa shape index (κ2) is 4.91. The summed E-state index contributed by atoms with van der Waals surface area (Å²) < 4.78 is 25.4. The number of anilines is 1.